The topological polar surface area (TPSA) is 32.3 Å². The number of hydrogen-bond donors (Lipinski definition) is 1. The minimum atomic E-state index is 0.118. The Bertz CT molecular complexity index is 607. The smallest absolute Gasteiger partial charge is 0.234 e. The van der Waals surface area contributed by atoms with E-state index in [0.717, 1.165) is 19.4 Å². The normalized spacial score (nSPS) is 18.5. The predicted octanol–water partition coefficient (Wildman–Crippen LogP) is 3.51. The Balaban J connectivity index is 1.56. The van der Waals surface area contributed by atoms with Gasteiger partial charge < -0.3 is 5.32 Å². The molecule has 3 rings (SSSR count). The van der Waals surface area contributed by atoms with Gasteiger partial charge in [-0.3, -0.25) is 9.69 Å². The van der Waals surface area contributed by atoms with Gasteiger partial charge in [0.25, 0.3) is 0 Å². The van der Waals surface area contributed by atoms with Crippen molar-refractivity contribution in [3.8, 4) is 0 Å². The molecule has 116 valence electrons. The first-order valence-corrected chi connectivity index (χ1v) is 8.70. The molecule has 1 amide bonds. The van der Waals surface area contributed by atoms with Crippen LogP contribution in [0.3, 0.4) is 0 Å². The summed E-state index contributed by atoms with van der Waals surface area (Å²) in [4.78, 5) is 15.7. The number of benzene rings is 1. The van der Waals surface area contributed by atoms with Crippen molar-refractivity contribution in [2.75, 3.05) is 13.1 Å². The van der Waals surface area contributed by atoms with Crippen LogP contribution in [0.5, 0.6) is 0 Å². The highest BCUT2D eigenvalue weighted by atomic mass is 32.1. The first kappa shape index (κ1) is 15.3. The number of amides is 1. The van der Waals surface area contributed by atoms with Gasteiger partial charge in [0.2, 0.25) is 5.91 Å². The Morgan fingerprint density at radius 1 is 1.32 bits per heavy atom. The maximum atomic E-state index is 12.2. The molecule has 1 atom stereocenters. The predicted molar refractivity (Wildman–Crippen MR) is 90.9 cm³/mol. The fourth-order valence-corrected chi connectivity index (χ4v) is 3.67. The quantitative estimate of drug-likeness (QED) is 0.916. The summed E-state index contributed by atoms with van der Waals surface area (Å²) in [6.45, 7) is 4.24. The lowest BCUT2D eigenvalue weighted by Crippen LogP contribution is -2.36. The molecular formula is C18H22N2OS. The third kappa shape index (κ3) is 3.76. The van der Waals surface area contributed by atoms with E-state index in [0.29, 0.717) is 19.1 Å². The molecule has 22 heavy (non-hydrogen) atoms. The highest BCUT2D eigenvalue weighted by Gasteiger charge is 2.27. The van der Waals surface area contributed by atoms with Crippen LogP contribution in [0.1, 0.15) is 34.9 Å². The molecule has 1 unspecified atom stereocenters. The van der Waals surface area contributed by atoms with Crippen LogP contribution in [0.4, 0.5) is 0 Å². The number of nitrogens with one attached hydrogen (secondary N) is 1. The Hall–Kier alpha value is -1.65. The van der Waals surface area contributed by atoms with Crippen molar-refractivity contribution in [1.29, 1.82) is 0 Å². The van der Waals surface area contributed by atoms with E-state index in [2.05, 4.69) is 47.5 Å². The van der Waals surface area contributed by atoms with E-state index in [4.69, 9.17) is 0 Å². The molecule has 0 bridgehead atoms. The van der Waals surface area contributed by atoms with E-state index in [1.165, 1.54) is 16.0 Å². The minimum absolute atomic E-state index is 0.118. The van der Waals surface area contributed by atoms with E-state index < -0.39 is 0 Å². The molecule has 4 heteroatoms. The fourth-order valence-electron chi connectivity index (χ4n) is 3.02. The molecule has 1 aliphatic rings. The zero-order chi connectivity index (χ0) is 15.4. The van der Waals surface area contributed by atoms with Crippen LogP contribution in [0.15, 0.2) is 41.8 Å². The van der Waals surface area contributed by atoms with Gasteiger partial charge in [-0.25, -0.2) is 0 Å². The molecule has 1 aromatic carbocycles. The number of rotatable bonds is 5. The highest BCUT2D eigenvalue weighted by molar-refractivity contribution is 7.09. The van der Waals surface area contributed by atoms with Gasteiger partial charge in [-0.15, -0.1) is 11.3 Å². The van der Waals surface area contributed by atoms with Gasteiger partial charge in [0, 0.05) is 10.9 Å². The van der Waals surface area contributed by atoms with E-state index in [-0.39, 0.29) is 5.91 Å². The Morgan fingerprint density at radius 2 is 2.14 bits per heavy atom. The van der Waals surface area contributed by atoms with E-state index in [9.17, 15) is 4.79 Å². The van der Waals surface area contributed by atoms with Crippen molar-refractivity contribution in [3.63, 3.8) is 0 Å². The molecule has 1 aliphatic heterocycles. The van der Waals surface area contributed by atoms with Crippen molar-refractivity contribution in [2.24, 2.45) is 0 Å². The number of hydrogen-bond acceptors (Lipinski definition) is 3. The molecule has 1 N–H and O–H groups in total. The molecule has 0 spiro atoms. The van der Waals surface area contributed by atoms with Crippen LogP contribution in [0, 0.1) is 6.92 Å². The average Bonchev–Trinajstić information content (AvgIpc) is 3.17. The van der Waals surface area contributed by atoms with E-state index in [1.807, 2.05) is 11.4 Å². The maximum Gasteiger partial charge on any atom is 0.234 e. The summed E-state index contributed by atoms with van der Waals surface area (Å²) in [6.07, 6.45) is 2.30. The Labute approximate surface area is 136 Å². The van der Waals surface area contributed by atoms with Crippen molar-refractivity contribution in [2.45, 2.75) is 32.4 Å². The van der Waals surface area contributed by atoms with E-state index in [1.54, 1.807) is 11.3 Å². The molecule has 2 aromatic rings. The molecular weight excluding hydrogens is 292 g/mol. The highest BCUT2D eigenvalue weighted by Crippen LogP contribution is 2.31. The van der Waals surface area contributed by atoms with Crippen molar-refractivity contribution in [1.82, 2.24) is 10.2 Å². The summed E-state index contributed by atoms with van der Waals surface area (Å²) in [5, 5.41) is 5.06. The number of carbonyl (C=O) groups excluding carboxylic acids is 1. The number of thiophene rings is 1. The van der Waals surface area contributed by atoms with Gasteiger partial charge in [0.15, 0.2) is 0 Å². The van der Waals surface area contributed by atoms with Gasteiger partial charge in [0.1, 0.15) is 0 Å². The summed E-state index contributed by atoms with van der Waals surface area (Å²) < 4.78 is 0. The maximum absolute atomic E-state index is 12.2. The van der Waals surface area contributed by atoms with Crippen molar-refractivity contribution >= 4 is 17.2 Å². The lowest BCUT2D eigenvalue weighted by Gasteiger charge is -2.24. The summed E-state index contributed by atoms with van der Waals surface area (Å²) >= 11 is 1.68. The molecule has 1 aromatic heterocycles. The number of carbonyl (C=O) groups is 1. The van der Waals surface area contributed by atoms with Crippen LogP contribution in [-0.2, 0) is 11.3 Å². The lowest BCUT2D eigenvalue weighted by atomic mass is 10.0. The first-order valence-electron chi connectivity index (χ1n) is 7.82. The van der Waals surface area contributed by atoms with Crippen molar-refractivity contribution < 1.29 is 4.79 Å². The Kier molecular flexibility index (Phi) is 4.90. The molecule has 3 nitrogen and oxygen atoms in total. The van der Waals surface area contributed by atoms with E-state index >= 15 is 0 Å². The lowest BCUT2D eigenvalue weighted by molar-refractivity contribution is -0.122. The monoisotopic (exact) mass is 314 g/mol. The summed E-state index contributed by atoms with van der Waals surface area (Å²) in [5.74, 6) is 0.118. The van der Waals surface area contributed by atoms with Gasteiger partial charge in [-0.2, -0.15) is 0 Å². The molecule has 1 saturated heterocycles. The molecule has 0 radical (unpaired) electrons. The fraction of sp³-hybridized carbons (Fsp3) is 0.389. The van der Waals surface area contributed by atoms with Gasteiger partial charge >= 0.3 is 0 Å². The number of likely N-dealkylation sites (tertiary alicyclic amines) is 1. The molecule has 2 heterocycles. The second-order valence-corrected chi connectivity index (χ2v) is 6.93. The second-order valence-electron chi connectivity index (χ2n) is 5.90. The summed E-state index contributed by atoms with van der Waals surface area (Å²) in [6, 6.07) is 13.2. The van der Waals surface area contributed by atoms with Crippen LogP contribution >= 0.6 is 11.3 Å². The summed E-state index contributed by atoms with van der Waals surface area (Å²) in [5.41, 5.74) is 2.61. The van der Waals surface area contributed by atoms with Crippen LogP contribution in [0.2, 0.25) is 0 Å². The summed E-state index contributed by atoms with van der Waals surface area (Å²) in [7, 11) is 0. The standard InChI is InChI=1S/C18H22N2OS/c1-14-6-8-15(9-7-14)17-5-2-10-20(17)13-18(21)19-12-16-4-3-11-22-16/h3-4,6-9,11,17H,2,5,10,12-13H2,1H3,(H,19,21). The van der Waals surface area contributed by atoms with Crippen LogP contribution in [0.25, 0.3) is 0 Å². The van der Waals surface area contributed by atoms with Crippen LogP contribution in [-0.4, -0.2) is 23.9 Å². The van der Waals surface area contributed by atoms with Gasteiger partial charge in [-0.1, -0.05) is 35.9 Å². The van der Waals surface area contributed by atoms with Crippen LogP contribution < -0.4 is 5.32 Å². The van der Waals surface area contributed by atoms with Crippen molar-refractivity contribution in [3.05, 3.63) is 57.8 Å². The number of nitrogens with zero attached hydrogens (tertiary/aromatic N) is 1. The largest absolute Gasteiger partial charge is 0.350 e. The van der Waals surface area contributed by atoms with Gasteiger partial charge in [-0.05, 0) is 43.3 Å². The SMILES string of the molecule is Cc1ccc(C2CCCN2CC(=O)NCc2cccs2)cc1. The molecule has 1 fully saturated rings. The first-order chi connectivity index (χ1) is 10.7. The third-order valence-electron chi connectivity index (χ3n) is 4.21. The minimum Gasteiger partial charge on any atom is -0.350 e. The third-order valence-corrected chi connectivity index (χ3v) is 5.09. The molecule has 0 aliphatic carbocycles. The second kappa shape index (κ2) is 7.07. The number of aryl methyl sites for hydroxylation is 1. The Morgan fingerprint density at radius 3 is 2.86 bits per heavy atom. The van der Waals surface area contributed by atoms with Gasteiger partial charge in [0.05, 0.1) is 13.1 Å². The molecule has 0 saturated carbocycles. The average molecular weight is 314 g/mol. The zero-order valence-electron chi connectivity index (χ0n) is 12.9. The zero-order valence-corrected chi connectivity index (χ0v) is 13.7.